The fourth-order valence-corrected chi connectivity index (χ4v) is 3.77. The fraction of sp³-hybridized carbons (Fsp3) is 0.941. The number of likely N-dealkylation sites (tertiary alicyclic amines) is 1. The van der Waals surface area contributed by atoms with E-state index in [0.29, 0.717) is 12.1 Å². The molecule has 4 heteroatoms. The molecule has 1 aliphatic heterocycles. The van der Waals surface area contributed by atoms with Gasteiger partial charge in [-0.25, -0.2) is 0 Å². The molecule has 1 aliphatic rings. The SMILES string of the molecule is CCNC(C)(CC(C)N1CCCCCC1CC)C(=O)OC. The van der Waals surface area contributed by atoms with Gasteiger partial charge in [-0.15, -0.1) is 0 Å². The molecule has 0 aliphatic carbocycles. The number of hydrogen-bond donors (Lipinski definition) is 1. The second-order valence-corrected chi connectivity index (χ2v) is 6.56. The molecule has 0 amide bonds. The lowest BCUT2D eigenvalue weighted by molar-refractivity contribution is -0.149. The van der Waals surface area contributed by atoms with E-state index in [4.69, 9.17) is 4.74 Å². The monoisotopic (exact) mass is 298 g/mol. The number of methoxy groups -OCH3 is 1. The van der Waals surface area contributed by atoms with Crippen molar-refractivity contribution in [2.45, 2.75) is 83.8 Å². The fourth-order valence-electron chi connectivity index (χ4n) is 3.77. The number of esters is 1. The van der Waals surface area contributed by atoms with Crippen molar-refractivity contribution < 1.29 is 9.53 Å². The van der Waals surface area contributed by atoms with E-state index in [1.807, 2.05) is 13.8 Å². The Hall–Kier alpha value is -0.610. The number of likely N-dealkylation sites (N-methyl/N-ethyl adjacent to an activating group) is 1. The molecular weight excluding hydrogens is 264 g/mol. The molecule has 3 unspecified atom stereocenters. The van der Waals surface area contributed by atoms with Crippen LogP contribution in [0.25, 0.3) is 0 Å². The van der Waals surface area contributed by atoms with Crippen LogP contribution in [0.3, 0.4) is 0 Å². The minimum absolute atomic E-state index is 0.154. The van der Waals surface area contributed by atoms with Crippen molar-refractivity contribution in [1.82, 2.24) is 10.2 Å². The van der Waals surface area contributed by atoms with Crippen molar-refractivity contribution in [3.8, 4) is 0 Å². The molecule has 0 spiro atoms. The smallest absolute Gasteiger partial charge is 0.325 e. The Morgan fingerprint density at radius 2 is 2.10 bits per heavy atom. The van der Waals surface area contributed by atoms with Gasteiger partial charge in [0.15, 0.2) is 0 Å². The molecule has 124 valence electrons. The minimum atomic E-state index is -0.590. The molecule has 1 N–H and O–H groups in total. The van der Waals surface area contributed by atoms with Gasteiger partial charge in [0.25, 0.3) is 0 Å². The summed E-state index contributed by atoms with van der Waals surface area (Å²) < 4.78 is 5.01. The maximum atomic E-state index is 12.2. The molecule has 1 saturated heterocycles. The van der Waals surface area contributed by atoms with Crippen LogP contribution in [0.4, 0.5) is 0 Å². The van der Waals surface area contributed by atoms with E-state index in [9.17, 15) is 4.79 Å². The van der Waals surface area contributed by atoms with Crippen molar-refractivity contribution in [1.29, 1.82) is 0 Å². The van der Waals surface area contributed by atoms with Crippen LogP contribution in [0.2, 0.25) is 0 Å². The predicted octanol–water partition coefficient (Wildman–Crippen LogP) is 2.96. The summed E-state index contributed by atoms with van der Waals surface area (Å²) in [6, 6.07) is 1.04. The third-order valence-corrected chi connectivity index (χ3v) is 4.87. The summed E-state index contributed by atoms with van der Waals surface area (Å²) in [7, 11) is 1.48. The van der Waals surface area contributed by atoms with Gasteiger partial charge in [-0.3, -0.25) is 9.69 Å². The third kappa shape index (κ3) is 4.96. The van der Waals surface area contributed by atoms with Gasteiger partial charge in [0.05, 0.1) is 7.11 Å². The standard InChI is InChI=1S/C17H34N2O2/c1-6-15-11-9-8-10-12-19(15)14(3)13-17(4,18-7-2)16(20)21-5/h14-15,18H,6-13H2,1-5H3. The quantitative estimate of drug-likeness (QED) is 0.734. The van der Waals surface area contributed by atoms with Crippen LogP contribution in [-0.2, 0) is 9.53 Å². The molecule has 21 heavy (non-hydrogen) atoms. The number of carbonyl (C=O) groups excluding carboxylic acids is 1. The first-order valence-corrected chi connectivity index (χ1v) is 8.57. The number of hydrogen-bond acceptors (Lipinski definition) is 4. The highest BCUT2D eigenvalue weighted by Gasteiger charge is 2.37. The highest BCUT2D eigenvalue weighted by Crippen LogP contribution is 2.26. The molecule has 1 heterocycles. The molecule has 0 radical (unpaired) electrons. The Kier molecular flexibility index (Phi) is 7.67. The second-order valence-electron chi connectivity index (χ2n) is 6.56. The van der Waals surface area contributed by atoms with Crippen molar-refractivity contribution in [2.75, 3.05) is 20.2 Å². The number of nitrogens with zero attached hydrogens (tertiary/aromatic N) is 1. The first-order chi connectivity index (χ1) is 9.98. The zero-order valence-corrected chi connectivity index (χ0v) is 14.6. The highest BCUT2D eigenvalue weighted by atomic mass is 16.5. The van der Waals surface area contributed by atoms with Crippen LogP contribution in [-0.4, -0.2) is 48.7 Å². The molecule has 1 rings (SSSR count). The van der Waals surface area contributed by atoms with E-state index in [2.05, 4.69) is 24.1 Å². The van der Waals surface area contributed by atoms with Gasteiger partial charge >= 0.3 is 5.97 Å². The molecule has 0 bridgehead atoms. The molecule has 0 aromatic rings. The van der Waals surface area contributed by atoms with E-state index in [1.54, 1.807) is 0 Å². The van der Waals surface area contributed by atoms with Gasteiger partial charge in [-0.05, 0) is 52.6 Å². The number of carbonyl (C=O) groups is 1. The Morgan fingerprint density at radius 3 is 2.67 bits per heavy atom. The van der Waals surface area contributed by atoms with Gasteiger partial charge in [-0.1, -0.05) is 26.7 Å². The average molecular weight is 298 g/mol. The van der Waals surface area contributed by atoms with Gasteiger partial charge in [-0.2, -0.15) is 0 Å². The lowest BCUT2D eigenvalue weighted by atomic mass is 9.91. The van der Waals surface area contributed by atoms with Crippen LogP contribution >= 0.6 is 0 Å². The summed E-state index contributed by atoms with van der Waals surface area (Å²) in [5.74, 6) is -0.154. The first-order valence-electron chi connectivity index (χ1n) is 8.57. The zero-order valence-electron chi connectivity index (χ0n) is 14.6. The number of ether oxygens (including phenoxy) is 1. The molecule has 3 atom stereocenters. The minimum Gasteiger partial charge on any atom is -0.468 e. The lowest BCUT2D eigenvalue weighted by Crippen LogP contribution is -2.55. The van der Waals surface area contributed by atoms with E-state index in [1.165, 1.54) is 39.2 Å². The van der Waals surface area contributed by atoms with Crippen LogP contribution in [0.5, 0.6) is 0 Å². The Morgan fingerprint density at radius 1 is 1.38 bits per heavy atom. The van der Waals surface area contributed by atoms with Crippen LogP contribution in [0.15, 0.2) is 0 Å². The summed E-state index contributed by atoms with van der Waals surface area (Å²) in [5.41, 5.74) is -0.590. The topological polar surface area (TPSA) is 41.6 Å². The maximum Gasteiger partial charge on any atom is 0.325 e. The normalized spacial score (nSPS) is 24.9. The summed E-state index contributed by atoms with van der Waals surface area (Å²) in [5, 5.41) is 3.33. The van der Waals surface area contributed by atoms with Gasteiger partial charge in [0, 0.05) is 12.1 Å². The van der Waals surface area contributed by atoms with Crippen LogP contribution < -0.4 is 5.32 Å². The van der Waals surface area contributed by atoms with Gasteiger partial charge < -0.3 is 10.1 Å². The largest absolute Gasteiger partial charge is 0.468 e. The predicted molar refractivity (Wildman–Crippen MR) is 87.4 cm³/mol. The van der Waals surface area contributed by atoms with Crippen LogP contribution in [0, 0.1) is 0 Å². The first kappa shape index (κ1) is 18.4. The summed E-state index contributed by atoms with van der Waals surface area (Å²) in [6.45, 7) is 10.5. The van der Waals surface area contributed by atoms with Crippen molar-refractivity contribution >= 4 is 5.97 Å². The number of nitrogens with one attached hydrogen (secondary N) is 1. The maximum absolute atomic E-state index is 12.2. The van der Waals surface area contributed by atoms with Crippen LogP contribution in [0.1, 0.15) is 66.2 Å². The summed E-state index contributed by atoms with van der Waals surface area (Å²) >= 11 is 0. The summed E-state index contributed by atoms with van der Waals surface area (Å²) in [6.07, 6.45) is 7.23. The van der Waals surface area contributed by atoms with Gasteiger partial charge in [0.1, 0.15) is 5.54 Å². The Bertz CT molecular complexity index is 322. The second kappa shape index (κ2) is 8.74. The molecule has 0 aromatic heterocycles. The van der Waals surface area contributed by atoms with E-state index < -0.39 is 5.54 Å². The van der Waals surface area contributed by atoms with Crippen molar-refractivity contribution in [2.24, 2.45) is 0 Å². The molecular formula is C17H34N2O2. The molecule has 4 nitrogen and oxygen atoms in total. The van der Waals surface area contributed by atoms with Gasteiger partial charge in [0.2, 0.25) is 0 Å². The van der Waals surface area contributed by atoms with E-state index in [-0.39, 0.29) is 5.97 Å². The number of rotatable bonds is 7. The van der Waals surface area contributed by atoms with Crippen molar-refractivity contribution in [3.63, 3.8) is 0 Å². The highest BCUT2D eigenvalue weighted by molar-refractivity contribution is 5.80. The Balaban J connectivity index is 2.78. The zero-order chi connectivity index (χ0) is 15.9. The average Bonchev–Trinajstić information content (AvgIpc) is 2.71. The van der Waals surface area contributed by atoms with Crippen molar-refractivity contribution in [3.05, 3.63) is 0 Å². The Labute approximate surface area is 130 Å². The van der Waals surface area contributed by atoms with E-state index in [0.717, 1.165) is 19.5 Å². The molecule has 0 saturated carbocycles. The third-order valence-electron chi connectivity index (χ3n) is 4.87. The lowest BCUT2D eigenvalue weighted by Gasteiger charge is -2.39. The molecule has 0 aromatic carbocycles. The molecule has 1 fully saturated rings. The van der Waals surface area contributed by atoms with E-state index >= 15 is 0 Å². The summed E-state index contributed by atoms with van der Waals surface area (Å²) in [4.78, 5) is 14.8.